The number of rotatable bonds is 8. The minimum atomic E-state index is -0.0509. The van der Waals surface area contributed by atoms with Crippen molar-refractivity contribution in [3.8, 4) is 0 Å². The van der Waals surface area contributed by atoms with Crippen molar-refractivity contribution in [3.63, 3.8) is 0 Å². The lowest BCUT2D eigenvalue weighted by molar-refractivity contribution is 0.0892. The fourth-order valence-electron chi connectivity index (χ4n) is 4.88. The van der Waals surface area contributed by atoms with E-state index >= 15 is 0 Å². The average molecular weight is 490 g/mol. The fraction of sp³-hybridized carbons (Fsp3) is 0.462. The Morgan fingerprint density at radius 3 is 2.45 bits per heavy atom. The molecule has 5 nitrogen and oxygen atoms in total. The van der Waals surface area contributed by atoms with Crippen molar-refractivity contribution in [1.29, 1.82) is 0 Å². The molecule has 2 aromatic carbocycles. The molecule has 0 bridgehead atoms. The molecule has 4 rings (SSSR count). The number of Topliss-reactive ketones (excluding diaryl/α,β-unsaturated/α-hetero) is 1. The Balaban J connectivity index is 0.00000306. The number of imidazole rings is 1. The molecule has 3 aromatic rings. The molecule has 0 N–H and O–H groups in total. The number of fused-ring (bicyclic) bond motifs is 2. The highest BCUT2D eigenvalue weighted by Crippen LogP contribution is 2.31. The van der Waals surface area contributed by atoms with E-state index in [4.69, 9.17) is 11.6 Å². The first kappa shape index (κ1) is 25.5. The van der Waals surface area contributed by atoms with Gasteiger partial charge < -0.3 is 4.90 Å². The largest absolute Gasteiger partial charge is 0.328 e. The third kappa shape index (κ3) is 5.37. The Hall–Kier alpha value is -2.08. The molecule has 0 fully saturated rings. The Morgan fingerprint density at radius 1 is 1.03 bits per heavy atom. The molecule has 0 saturated heterocycles. The van der Waals surface area contributed by atoms with Gasteiger partial charge in [-0.1, -0.05) is 36.2 Å². The number of hydrogen-bond donors (Lipinski definition) is 0. The van der Waals surface area contributed by atoms with Crippen molar-refractivity contribution in [3.05, 3.63) is 68.6 Å². The number of unbranched alkanes of at least 4 members (excludes halogenated alkanes) is 1. The van der Waals surface area contributed by atoms with Crippen LogP contribution in [0.2, 0.25) is 5.02 Å². The predicted molar refractivity (Wildman–Crippen MR) is 138 cm³/mol. The van der Waals surface area contributed by atoms with Crippen molar-refractivity contribution in [2.45, 2.75) is 38.5 Å². The zero-order valence-corrected chi connectivity index (χ0v) is 21.2. The van der Waals surface area contributed by atoms with E-state index in [2.05, 4.69) is 18.0 Å². The number of aromatic nitrogens is 2. The molecule has 0 aliphatic heterocycles. The van der Waals surface area contributed by atoms with Crippen molar-refractivity contribution in [2.75, 3.05) is 20.1 Å². The standard InChI is InChI=1S/C26H32ClN3O2.ClH/c1-28(15-13-18-8-4-5-10-22(18)27)14-7-6-9-19-11-12-20-16-23-24(17-21(20)25(19)31)30(3)26(32)29(23)2;/h4-5,8,10,16-17,19H,6-7,9,11-15H2,1-3H3;1H. The summed E-state index contributed by atoms with van der Waals surface area (Å²) in [6, 6.07) is 12.0. The predicted octanol–water partition coefficient (Wildman–Crippen LogP) is 5.04. The highest BCUT2D eigenvalue weighted by molar-refractivity contribution is 6.31. The van der Waals surface area contributed by atoms with E-state index in [0.29, 0.717) is 0 Å². The first-order valence-electron chi connectivity index (χ1n) is 11.5. The molecular weight excluding hydrogens is 457 g/mol. The van der Waals surface area contributed by atoms with Crippen molar-refractivity contribution in [1.82, 2.24) is 14.0 Å². The number of ketones is 1. The molecule has 1 aromatic heterocycles. The van der Waals surface area contributed by atoms with Gasteiger partial charge in [0.25, 0.3) is 0 Å². The fourth-order valence-corrected chi connectivity index (χ4v) is 5.11. The average Bonchev–Trinajstić information content (AvgIpc) is 3.00. The van der Waals surface area contributed by atoms with Crippen LogP contribution in [0.5, 0.6) is 0 Å². The zero-order chi connectivity index (χ0) is 22.8. The number of likely N-dealkylation sites (N-methyl/N-ethyl adjacent to an activating group) is 1. The molecule has 1 heterocycles. The highest BCUT2D eigenvalue weighted by Gasteiger charge is 2.28. The monoisotopic (exact) mass is 489 g/mol. The molecule has 1 unspecified atom stereocenters. The van der Waals surface area contributed by atoms with Gasteiger partial charge in [0.15, 0.2) is 5.78 Å². The molecule has 0 spiro atoms. The van der Waals surface area contributed by atoms with Crippen LogP contribution in [0, 0.1) is 5.92 Å². The van der Waals surface area contributed by atoms with Gasteiger partial charge in [0, 0.05) is 37.1 Å². The van der Waals surface area contributed by atoms with Gasteiger partial charge in [-0.25, -0.2) is 4.79 Å². The maximum Gasteiger partial charge on any atom is 0.328 e. The zero-order valence-electron chi connectivity index (χ0n) is 19.6. The minimum absolute atomic E-state index is 0. The maximum absolute atomic E-state index is 13.2. The van der Waals surface area contributed by atoms with Crippen molar-refractivity contribution in [2.24, 2.45) is 20.0 Å². The summed E-state index contributed by atoms with van der Waals surface area (Å²) >= 11 is 6.25. The Kier molecular flexibility index (Phi) is 8.43. The van der Waals surface area contributed by atoms with Crippen LogP contribution >= 0.6 is 24.0 Å². The molecule has 7 heteroatoms. The summed E-state index contributed by atoms with van der Waals surface area (Å²) in [6.07, 6.45) is 5.83. The lowest BCUT2D eigenvalue weighted by atomic mass is 9.80. The first-order valence-corrected chi connectivity index (χ1v) is 11.9. The number of carbonyl (C=O) groups is 1. The second-order valence-corrected chi connectivity index (χ2v) is 9.55. The van der Waals surface area contributed by atoms with E-state index in [0.717, 1.165) is 78.8 Å². The number of nitrogens with zero attached hydrogens (tertiary/aromatic N) is 3. The van der Waals surface area contributed by atoms with Crippen LogP contribution in [0.3, 0.4) is 0 Å². The Morgan fingerprint density at radius 2 is 1.73 bits per heavy atom. The van der Waals surface area contributed by atoms with Gasteiger partial charge in [0.05, 0.1) is 11.0 Å². The summed E-state index contributed by atoms with van der Waals surface area (Å²) < 4.78 is 3.29. The molecule has 1 aliphatic rings. The van der Waals surface area contributed by atoms with E-state index in [-0.39, 0.29) is 29.8 Å². The minimum Gasteiger partial charge on any atom is -0.306 e. The van der Waals surface area contributed by atoms with Gasteiger partial charge in [0.2, 0.25) is 0 Å². The van der Waals surface area contributed by atoms with Crippen molar-refractivity contribution < 1.29 is 4.79 Å². The molecule has 1 aliphatic carbocycles. The van der Waals surface area contributed by atoms with Gasteiger partial charge in [-0.2, -0.15) is 0 Å². The quantitative estimate of drug-likeness (QED) is 0.416. The Labute approximate surface area is 206 Å². The summed E-state index contributed by atoms with van der Waals surface area (Å²) in [5.74, 6) is 0.339. The normalized spacial score (nSPS) is 15.7. The molecule has 0 saturated carbocycles. The van der Waals surface area contributed by atoms with E-state index in [9.17, 15) is 9.59 Å². The number of carbonyl (C=O) groups excluding carboxylic acids is 1. The third-order valence-electron chi connectivity index (χ3n) is 6.96. The second kappa shape index (κ2) is 10.9. The number of benzene rings is 2. The van der Waals surface area contributed by atoms with E-state index < -0.39 is 0 Å². The summed E-state index contributed by atoms with van der Waals surface area (Å²) in [6.45, 7) is 2.00. The number of aryl methyl sites for hydroxylation is 3. The van der Waals surface area contributed by atoms with Crippen LogP contribution in [0.4, 0.5) is 0 Å². The summed E-state index contributed by atoms with van der Waals surface area (Å²) in [7, 11) is 5.70. The van der Waals surface area contributed by atoms with Gasteiger partial charge >= 0.3 is 5.69 Å². The van der Waals surface area contributed by atoms with Gasteiger partial charge in [-0.3, -0.25) is 13.9 Å². The van der Waals surface area contributed by atoms with Crippen LogP contribution < -0.4 is 5.69 Å². The Bertz CT molecular complexity index is 1200. The summed E-state index contributed by atoms with van der Waals surface area (Å²) in [5, 5.41) is 0.838. The smallest absolute Gasteiger partial charge is 0.306 e. The molecule has 0 radical (unpaired) electrons. The molecule has 178 valence electrons. The topological polar surface area (TPSA) is 47.2 Å². The van der Waals surface area contributed by atoms with Crippen LogP contribution in [0.15, 0.2) is 41.2 Å². The highest BCUT2D eigenvalue weighted by atomic mass is 35.5. The van der Waals surface area contributed by atoms with Gasteiger partial charge in [0.1, 0.15) is 0 Å². The number of hydrogen-bond acceptors (Lipinski definition) is 3. The van der Waals surface area contributed by atoms with Crippen LogP contribution in [-0.2, 0) is 26.9 Å². The molecule has 1 atom stereocenters. The van der Waals surface area contributed by atoms with E-state index in [1.807, 2.05) is 30.3 Å². The van der Waals surface area contributed by atoms with Gasteiger partial charge in [-0.05, 0) is 75.0 Å². The lowest BCUT2D eigenvalue weighted by Crippen LogP contribution is -2.24. The van der Waals surface area contributed by atoms with Crippen molar-refractivity contribution >= 4 is 40.8 Å². The third-order valence-corrected chi connectivity index (χ3v) is 7.33. The van der Waals surface area contributed by atoms with Gasteiger partial charge in [-0.15, -0.1) is 12.4 Å². The van der Waals surface area contributed by atoms with Crippen LogP contribution in [-0.4, -0.2) is 40.0 Å². The maximum atomic E-state index is 13.2. The number of halogens is 2. The second-order valence-electron chi connectivity index (χ2n) is 9.14. The van der Waals surface area contributed by atoms with E-state index in [1.54, 1.807) is 23.2 Å². The SMILES string of the molecule is CN(CCCCC1CCc2cc3c(cc2C1=O)n(C)c(=O)n3C)CCc1ccccc1Cl.Cl. The molecular formula is C26H33Cl2N3O2. The van der Waals surface area contributed by atoms with E-state index in [1.165, 1.54) is 5.56 Å². The summed E-state index contributed by atoms with van der Waals surface area (Å²) in [4.78, 5) is 27.8. The summed E-state index contributed by atoms with van der Waals surface area (Å²) in [5.41, 5.74) is 4.78. The molecule has 0 amide bonds. The first-order chi connectivity index (χ1) is 15.4. The van der Waals surface area contributed by atoms with Crippen LogP contribution in [0.25, 0.3) is 11.0 Å². The van der Waals surface area contributed by atoms with Crippen LogP contribution in [0.1, 0.15) is 47.2 Å². The molecule has 33 heavy (non-hydrogen) atoms. The lowest BCUT2D eigenvalue weighted by Gasteiger charge is -2.24.